The van der Waals surface area contributed by atoms with Crippen LogP contribution in [-0.4, -0.2) is 49.7 Å². The number of nitrogens with zero attached hydrogens (tertiary/aromatic N) is 3. The van der Waals surface area contributed by atoms with E-state index in [4.69, 9.17) is 5.26 Å². The Balaban J connectivity index is 1.74. The fourth-order valence-corrected chi connectivity index (χ4v) is 4.35. The van der Waals surface area contributed by atoms with Crippen molar-refractivity contribution in [3.8, 4) is 6.07 Å². The Labute approximate surface area is 155 Å². The third kappa shape index (κ3) is 3.82. The van der Waals surface area contributed by atoms with Gasteiger partial charge in [0.05, 0.1) is 11.6 Å². The van der Waals surface area contributed by atoms with Gasteiger partial charge >= 0.3 is 0 Å². The highest BCUT2D eigenvalue weighted by atomic mass is 32.2. The van der Waals surface area contributed by atoms with Crippen LogP contribution < -0.4 is 0 Å². The van der Waals surface area contributed by atoms with Crippen LogP contribution in [0.2, 0.25) is 0 Å². The second-order valence-corrected chi connectivity index (χ2v) is 7.87. The molecule has 1 fully saturated rings. The molecule has 0 radical (unpaired) electrons. The van der Waals surface area contributed by atoms with Crippen LogP contribution in [0.1, 0.15) is 15.9 Å². The lowest BCUT2D eigenvalue weighted by atomic mass is 10.1. The van der Waals surface area contributed by atoms with E-state index < -0.39 is 26.6 Å². The molecule has 0 bridgehead atoms. The van der Waals surface area contributed by atoms with Gasteiger partial charge in [-0.25, -0.2) is 17.2 Å². The summed E-state index contributed by atoms with van der Waals surface area (Å²) in [5.41, 5.74) is 0.685. The standard InChI is InChI=1S/C18H15F2N3O3S/c19-15-4-5-16(20)17(11-15)27(25,26)23-8-6-22(7-9-23)18(24)14-3-1-2-13(10-14)12-21/h1-5,10-11H,6-9H2. The van der Waals surface area contributed by atoms with Gasteiger partial charge in [-0.3, -0.25) is 4.79 Å². The van der Waals surface area contributed by atoms with Crippen LogP contribution in [0.25, 0.3) is 0 Å². The van der Waals surface area contributed by atoms with Gasteiger partial charge in [-0.05, 0) is 36.4 Å². The van der Waals surface area contributed by atoms with Crippen LogP contribution in [-0.2, 0) is 10.0 Å². The summed E-state index contributed by atoms with van der Waals surface area (Å²) in [6.45, 7) is 0.126. The first kappa shape index (κ1) is 18.9. The number of carbonyl (C=O) groups excluding carboxylic acids is 1. The fraction of sp³-hybridized carbons (Fsp3) is 0.222. The molecule has 9 heteroatoms. The molecule has 0 N–H and O–H groups in total. The molecule has 1 saturated heterocycles. The summed E-state index contributed by atoms with van der Waals surface area (Å²) in [5.74, 6) is -2.19. The monoisotopic (exact) mass is 391 g/mol. The summed E-state index contributed by atoms with van der Waals surface area (Å²) >= 11 is 0. The van der Waals surface area contributed by atoms with Gasteiger partial charge in [0.25, 0.3) is 5.91 Å². The van der Waals surface area contributed by atoms with Gasteiger partial charge in [0.2, 0.25) is 10.0 Å². The number of hydrogen-bond acceptors (Lipinski definition) is 4. The number of amides is 1. The summed E-state index contributed by atoms with van der Waals surface area (Å²) in [4.78, 5) is 13.3. The van der Waals surface area contributed by atoms with Crippen LogP contribution in [0.15, 0.2) is 47.4 Å². The molecule has 0 unspecified atom stereocenters. The van der Waals surface area contributed by atoms with E-state index in [0.717, 1.165) is 16.4 Å². The molecule has 1 heterocycles. The van der Waals surface area contributed by atoms with Gasteiger partial charge < -0.3 is 4.90 Å². The molecule has 0 aliphatic carbocycles. The number of halogens is 2. The van der Waals surface area contributed by atoms with Crippen LogP contribution in [0, 0.1) is 23.0 Å². The third-order valence-electron chi connectivity index (χ3n) is 4.28. The fourth-order valence-electron chi connectivity index (χ4n) is 2.85. The Morgan fingerprint density at radius 3 is 2.41 bits per heavy atom. The summed E-state index contributed by atoms with van der Waals surface area (Å²) in [6, 6.07) is 10.4. The molecule has 0 spiro atoms. The maximum atomic E-state index is 13.9. The van der Waals surface area contributed by atoms with E-state index in [2.05, 4.69) is 0 Å². The van der Waals surface area contributed by atoms with Crippen LogP contribution >= 0.6 is 0 Å². The average molecular weight is 391 g/mol. The van der Waals surface area contributed by atoms with Crippen molar-refractivity contribution in [3.63, 3.8) is 0 Å². The maximum Gasteiger partial charge on any atom is 0.253 e. The van der Waals surface area contributed by atoms with Gasteiger partial charge in [0.15, 0.2) is 0 Å². The quantitative estimate of drug-likeness (QED) is 0.801. The van der Waals surface area contributed by atoms with E-state index in [0.29, 0.717) is 17.2 Å². The van der Waals surface area contributed by atoms with Gasteiger partial charge in [-0.2, -0.15) is 9.57 Å². The number of rotatable bonds is 3. The molecule has 1 aliphatic rings. The zero-order valence-electron chi connectivity index (χ0n) is 14.1. The third-order valence-corrected chi connectivity index (χ3v) is 6.19. The molecule has 3 rings (SSSR count). The minimum Gasteiger partial charge on any atom is -0.336 e. The zero-order valence-corrected chi connectivity index (χ0v) is 14.9. The highest BCUT2D eigenvalue weighted by molar-refractivity contribution is 7.89. The molecule has 1 aliphatic heterocycles. The average Bonchev–Trinajstić information content (AvgIpc) is 2.69. The summed E-state index contributed by atoms with van der Waals surface area (Å²) < 4.78 is 53.4. The van der Waals surface area contributed by atoms with Gasteiger partial charge in [0.1, 0.15) is 16.5 Å². The Bertz CT molecular complexity index is 1030. The lowest BCUT2D eigenvalue weighted by Crippen LogP contribution is -2.50. The van der Waals surface area contributed by atoms with E-state index >= 15 is 0 Å². The Kier molecular flexibility index (Phi) is 5.21. The SMILES string of the molecule is N#Cc1cccc(C(=O)N2CCN(S(=O)(=O)c3cc(F)ccc3F)CC2)c1. The van der Waals surface area contributed by atoms with E-state index in [1.807, 2.05) is 6.07 Å². The summed E-state index contributed by atoms with van der Waals surface area (Å²) in [5, 5.41) is 8.92. The first-order chi connectivity index (χ1) is 12.8. The van der Waals surface area contributed by atoms with Crippen molar-refractivity contribution in [2.24, 2.45) is 0 Å². The van der Waals surface area contributed by atoms with Gasteiger partial charge in [-0.15, -0.1) is 0 Å². The van der Waals surface area contributed by atoms with Crippen molar-refractivity contribution in [1.82, 2.24) is 9.21 Å². The van der Waals surface area contributed by atoms with E-state index in [-0.39, 0.29) is 32.1 Å². The number of sulfonamides is 1. The number of piperazine rings is 1. The molecule has 6 nitrogen and oxygen atoms in total. The van der Waals surface area contributed by atoms with Crippen LogP contribution in [0.4, 0.5) is 8.78 Å². The molecule has 1 amide bonds. The minimum absolute atomic E-state index is 0.0397. The second kappa shape index (κ2) is 7.42. The number of nitriles is 1. The molecule has 0 atom stereocenters. The molecular formula is C18H15F2N3O3S. The first-order valence-corrected chi connectivity index (χ1v) is 9.51. The molecule has 140 valence electrons. The lowest BCUT2D eigenvalue weighted by molar-refractivity contribution is 0.0697. The highest BCUT2D eigenvalue weighted by Gasteiger charge is 2.32. The maximum absolute atomic E-state index is 13.9. The first-order valence-electron chi connectivity index (χ1n) is 8.07. The predicted molar refractivity (Wildman–Crippen MR) is 92.2 cm³/mol. The van der Waals surface area contributed by atoms with Crippen molar-refractivity contribution in [2.45, 2.75) is 4.90 Å². The van der Waals surface area contributed by atoms with Crippen molar-refractivity contribution >= 4 is 15.9 Å². The molecule has 0 saturated carbocycles. The molecular weight excluding hydrogens is 376 g/mol. The van der Waals surface area contributed by atoms with Crippen LogP contribution in [0.3, 0.4) is 0 Å². The van der Waals surface area contributed by atoms with Crippen LogP contribution in [0.5, 0.6) is 0 Å². The molecule has 27 heavy (non-hydrogen) atoms. The zero-order chi connectivity index (χ0) is 19.6. The lowest BCUT2D eigenvalue weighted by Gasteiger charge is -2.34. The smallest absolute Gasteiger partial charge is 0.253 e. The summed E-state index contributed by atoms with van der Waals surface area (Å²) in [6.07, 6.45) is 0. The second-order valence-electron chi connectivity index (χ2n) is 5.96. The number of benzene rings is 2. The molecule has 0 aromatic heterocycles. The van der Waals surface area contributed by atoms with E-state index in [1.54, 1.807) is 18.2 Å². The van der Waals surface area contributed by atoms with Crippen molar-refractivity contribution in [2.75, 3.05) is 26.2 Å². The predicted octanol–water partition coefficient (Wildman–Crippen LogP) is 1.98. The molecule has 2 aromatic rings. The van der Waals surface area contributed by atoms with Crippen molar-refractivity contribution in [1.29, 1.82) is 5.26 Å². The van der Waals surface area contributed by atoms with E-state index in [1.165, 1.54) is 11.0 Å². The number of hydrogen-bond donors (Lipinski definition) is 0. The largest absolute Gasteiger partial charge is 0.336 e. The Hall–Kier alpha value is -2.83. The van der Waals surface area contributed by atoms with Gasteiger partial charge in [-0.1, -0.05) is 6.07 Å². The number of carbonyl (C=O) groups is 1. The topological polar surface area (TPSA) is 81.5 Å². The normalized spacial score (nSPS) is 15.4. The Morgan fingerprint density at radius 1 is 1.04 bits per heavy atom. The van der Waals surface area contributed by atoms with Crippen molar-refractivity contribution in [3.05, 3.63) is 65.2 Å². The summed E-state index contributed by atoms with van der Waals surface area (Å²) in [7, 11) is -4.20. The Morgan fingerprint density at radius 2 is 1.74 bits per heavy atom. The highest BCUT2D eigenvalue weighted by Crippen LogP contribution is 2.22. The minimum atomic E-state index is -4.20. The van der Waals surface area contributed by atoms with Gasteiger partial charge in [0, 0.05) is 31.7 Å². The molecule has 2 aromatic carbocycles. The van der Waals surface area contributed by atoms with E-state index in [9.17, 15) is 22.0 Å². The van der Waals surface area contributed by atoms with Crippen molar-refractivity contribution < 1.29 is 22.0 Å².